The summed E-state index contributed by atoms with van der Waals surface area (Å²) in [6.07, 6.45) is 0. The number of nitrogens with one attached hydrogen (secondary N) is 1. The number of aryl methyl sites for hydroxylation is 1. The Kier molecular flexibility index (Phi) is 5.42. The van der Waals surface area contributed by atoms with Crippen molar-refractivity contribution in [3.8, 4) is 6.07 Å². The number of aliphatic hydroxyl groups is 1. The SMILES string of the molecule is Cn1c(/C(C#N)=C(\O)c2ccccc2NCC(=O)C(C)(C)C)nc2ccccc21. The molecule has 0 atom stereocenters. The van der Waals surface area contributed by atoms with E-state index >= 15 is 0 Å². The van der Waals surface area contributed by atoms with Crippen LogP contribution in [-0.4, -0.2) is 27.0 Å². The number of aromatic nitrogens is 2. The quantitative estimate of drug-likeness (QED) is 0.494. The minimum atomic E-state index is -0.468. The topological polar surface area (TPSA) is 90.9 Å². The summed E-state index contributed by atoms with van der Waals surface area (Å²) in [6.45, 7) is 5.71. The summed E-state index contributed by atoms with van der Waals surface area (Å²) < 4.78 is 1.78. The zero-order valence-electron chi connectivity index (χ0n) is 17.0. The van der Waals surface area contributed by atoms with Crippen LogP contribution in [0, 0.1) is 16.7 Å². The molecule has 29 heavy (non-hydrogen) atoms. The van der Waals surface area contributed by atoms with Crippen LogP contribution in [-0.2, 0) is 11.8 Å². The molecule has 0 saturated heterocycles. The summed E-state index contributed by atoms with van der Waals surface area (Å²) in [6, 6.07) is 16.7. The Hall–Kier alpha value is -3.59. The molecule has 3 aromatic rings. The van der Waals surface area contributed by atoms with Gasteiger partial charge in [-0.25, -0.2) is 4.98 Å². The van der Waals surface area contributed by atoms with Gasteiger partial charge in [-0.15, -0.1) is 0 Å². The van der Waals surface area contributed by atoms with E-state index in [1.807, 2.05) is 51.1 Å². The number of Topliss-reactive ketones (excluding diaryl/α,β-unsaturated/α-hetero) is 1. The maximum Gasteiger partial charge on any atom is 0.157 e. The van der Waals surface area contributed by atoms with Gasteiger partial charge in [-0.05, 0) is 24.3 Å². The smallest absolute Gasteiger partial charge is 0.157 e. The summed E-state index contributed by atoms with van der Waals surface area (Å²) >= 11 is 0. The summed E-state index contributed by atoms with van der Waals surface area (Å²) in [5, 5.41) is 23.8. The molecule has 0 spiro atoms. The van der Waals surface area contributed by atoms with Crippen molar-refractivity contribution >= 4 is 33.8 Å². The van der Waals surface area contributed by atoms with Crippen LogP contribution >= 0.6 is 0 Å². The second-order valence-corrected chi connectivity index (χ2v) is 7.89. The molecule has 6 nitrogen and oxygen atoms in total. The first-order valence-electron chi connectivity index (χ1n) is 9.35. The average Bonchev–Trinajstić information content (AvgIpc) is 3.03. The minimum Gasteiger partial charge on any atom is -0.506 e. The number of hydrogen-bond donors (Lipinski definition) is 2. The average molecular weight is 388 g/mol. The van der Waals surface area contributed by atoms with Gasteiger partial charge in [0.25, 0.3) is 0 Å². The molecular formula is C23H24N4O2. The zero-order valence-corrected chi connectivity index (χ0v) is 17.0. The van der Waals surface area contributed by atoms with Gasteiger partial charge in [-0.3, -0.25) is 4.79 Å². The van der Waals surface area contributed by atoms with Gasteiger partial charge in [0.05, 0.1) is 17.6 Å². The van der Waals surface area contributed by atoms with Gasteiger partial charge in [-0.1, -0.05) is 45.0 Å². The Morgan fingerprint density at radius 2 is 1.83 bits per heavy atom. The van der Waals surface area contributed by atoms with E-state index < -0.39 is 5.41 Å². The van der Waals surface area contributed by atoms with Gasteiger partial charge < -0.3 is 15.0 Å². The number of nitrogens with zero attached hydrogens (tertiary/aromatic N) is 3. The highest BCUT2D eigenvalue weighted by Crippen LogP contribution is 2.30. The van der Waals surface area contributed by atoms with E-state index in [1.165, 1.54) is 0 Å². The van der Waals surface area contributed by atoms with Crippen molar-refractivity contribution in [1.82, 2.24) is 9.55 Å². The van der Waals surface area contributed by atoms with Crippen molar-refractivity contribution in [2.75, 3.05) is 11.9 Å². The fraction of sp³-hybridized carbons (Fsp3) is 0.261. The highest BCUT2D eigenvalue weighted by atomic mass is 16.3. The third-order valence-corrected chi connectivity index (χ3v) is 4.82. The van der Waals surface area contributed by atoms with Crippen molar-refractivity contribution < 1.29 is 9.90 Å². The van der Waals surface area contributed by atoms with Gasteiger partial charge in [0.15, 0.2) is 11.6 Å². The molecule has 0 saturated carbocycles. The molecule has 0 radical (unpaired) electrons. The highest BCUT2D eigenvalue weighted by Gasteiger charge is 2.22. The van der Waals surface area contributed by atoms with Crippen LogP contribution < -0.4 is 5.32 Å². The van der Waals surface area contributed by atoms with Crippen molar-refractivity contribution in [3.63, 3.8) is 0 Å². The van der Waals surface area contributed by atoms with E-state index in [-0.39, 0.29) is 23.7 Å². The molecule has 0 aliphatic rings. The van der Waals surface area contributed by atoms with E-state index in [2.05, 4.69) is 16.4 Å². The molecule has 0 aliphatic heterocycles. The van der Waals surface area contributed by atoms with Gasteiger partial charge in [0, 0.05) is 23.7 Å². The van der Waals surface area contributed by atoms with E-state index in [0.29, 0.717) is 17.1 Å². The fourth-order valence-corrected chi connectivity index (χ4v) is 3.00. The van der Waals surface area contributed by atoms with Crippen LogP contribution in [0.25, 0.3) is 22.4 Å². The zero-order chi connectivity index (χ0) is 21.2. The maximum absolute atomic E-state index is 12.3. The van der Waals surface area contributed by atoms with Crippen LogP contribution in [0.5, 0.6) is 0 Å². The molecular weight excluding hydrogens is 364 g/mol. The molecule has 3 rings (SSSR count). The van der Waals surface area contributed by atoms with E-state index in [0.717, 1.165) is 11.0 Å². The lowest BCUT2D eigenvalue weighted by Gasteiger charge is -2.18. The molecule has 2 aromatic carbocycles. The molecule has 0 unspecified atom stereocenters. The largest absolute Gasteiger partial charge is 0.506 e. The minimum absolute atomic E-state index is 0.0478. The van der Waals surface area contributed by atoms with Crippen LogP contribution in [0.3, 0.4) is 0 Å². The Labute approximate surface area is 170 Å². The summed E-state index contributed by atoms with van der Waals surface area (Å²) in [5.74, 6) is 0.246. The number of ketones is 1. The first-order valence-corrected chi connectivity index (χ1v) is 9.35. The second kappa shape index (κ2) is 7.80. The fourth-order valence-electron chi connectivity index (χ4n) is 3.00. The second-order valence-electron chi connectivity index (χ2n) is 7.89. The van der Waals surface area contributed by atoms with Crippen molar-refractivity contribution in [2.45, 2.75) is 20.8 Å². The predicted octanol–water partition coefficient (Wildman–Crippen LogP) is 4.55. The number of allylic oxidation sites excluding steroid dienone is 1. The molecule has 0 amide bonds. The van der Waals surface area contributed by atoms with Crippen LogP contribution in [0.15, 0.2) is 48.5 Å². The number of nitriles is 1. The molecule has 2 N–H and O–H groups in total. The summed E-state index contributed by atoms with van der Waals surface area (Å²) in [4.78, 5) is 16.8. The number of aliphatic hydroxyl groups excluding tert-OH is 1. The third-order valence-electron chi connectivity index (χ3n) is 4.82. The molecule has 0 aliphatic carbocycles. The first-order chi connectivity index (χ1) is 13.7. The van der Waals surface area contributed by atoms with E-state index in [1.54, 1.807) is 29.8 Å². The Morgan fingerprint density at radius 1 is 1.17 bits per heavy atom. The lowest BCUT2D eigenvalue weighted by molar-refractivity contribution is -0.124. The monoisotopic (exact) mass is 388 g/mol. The molecule has 1 heterocycles. The number of carbonyl (C=O) groups is 1. The van der Waals surface area contributed by atoms with Crippen LogP contribution in [0.4, 0.5) is 5.69 Å². The highest BCUT2D eigenvalue weighted by molar-refractivity contribution is 5.97. The standard InChI is InChI=1S/C23H24N4O2/c1-23(2,3)20(28)14-25-17-10-6-5-9-15(17)21(29)16(13-24)22-26-18-11-7-8-12-19(18)27(22)4/h5-12,25,29H,14H2,1-4H3/b21-16-. The number of carbonyl (C=O) groups excluding carboxylic acids is 1. The number of para-hydroxylation sites is 3. The maximum atomic E-state index is 12.3. The normalized spacial score (nSPS) is 12.4. The van der Waals surface area contributed by atoms with Crippen molar-refractivity contribution in [3.05, 3.63) is 59.9 Å². The molecule has 148 valence electrons. The lowest BCUT2D eigenvalue weighted by atomic mass is 9.91. The van der Waals surface area contributed by atoms with Gasteiger partial charge >= 0.3 is 0 Å². The van der Waals surface area contributed by atoms with Gasteiger partial charge in [-0.2, -0.15) is 5.26 Å². The number of imidazole rings is 1. The summed E-state index contributed by atoms with van der Waals surface area (Å²) in [7, 11) is 1.81. The van der Waals surface area contributed by atoms with Crippen molar-refractivity contribution in [1.29, 1.82) is 5.26 Å². The third kappa shape index (κ3) is 3.99. The van der Waals surface area contributed by atoms with Crippen molar-refractivity contribution in [2.24, 2.45) is 12.5 Å². The molecule has 1 aromatic heterocycles. The molecule has 6 heteroatoms. The number of hydrogen-bond acceptors (Lipinski definition) is 5. The van der Waals surface area contributed by atoms with Crippen LogP contribution in [0.2, 0.25) is 0 Å². The Bertz CT molecular complexity index is 1140. The predicted molar refractivity (Wildman–Crippen MR) is 115 cm³/mol. The number of benzene rings is 2. The Morgan fingerprint density at radius 3 is 2.48 bits per heavy atom. The van der Waals surface area contributed by atoms with Gasteiger partial charge in [0.2, 0.25) is 0 Å². The van der Waals surface area contributed by atoms with E-state index in [9.17, 15) is 15.2 Å². The number of anilines is 1. The number of rotatable bonds is 5. The number of fused-ring (bicyclic) bond motifs is 1. The molecule has 0 bridgehead atoms. The van der Waals surface area contributed by atoms with E-state index in [4.69, 9.17) is 0 Å². The lowest BCUT2D eigenvalue weighted by Crippen LogP contribution is -2.27. The van der Waals surface area contributed by atoms with Gasteiger partial charge in [0.1, 0.15) is 17.4 Å². The molecule has 0 fully saturated rings. The first kappa shape index (κ1) is 20.2. The summed E-state index contributed by atoms with van der Waals surface area (Å²) in [5.41, 5.74) is 2.23. The van der Waals surface area contributed by atoms with Crippen LogP contribution in [0.1, 0.15) is 32.2 Å². The Balaban J connectivity index is 2.04.